The first-order chi connectivity index (χ1) is 12.8. The summed E-state index contributed by atoms with van der Waals surface area (Å²) in [5.74, 6) is 1.34. The SMILES string of the molecule is CCNC(=NCC(OC)C(C)(C)C)NC1CCN(C(=O)C(CC)CC)CC1.I. The quantitative estimate of drug-likeness (QED) is 0.297. The number of carbonyl (C=O) groups is 1. The number of ether oxygens (including phenoxy) is 1. The summed E-state index contributed by atoms with van der Waals surface area (Å²) in [6.45, 7) is 15.9. The van der Waals surface area contributed by atoms with Crippen molar-refractivity contribution in [3.05, 3.63) is 0 Å². The molecule has 0 aromatic heterocycles. The third-order valence-electron chi connectivity index (χ3n) is 5.49. The molecule has 1 aliphatic rings. The fourth-order valence-corrected chi connectivity index (χ4v) is 3.53. The van der Waals surface area contributed by atoms with Gasteiger partial charge in [-0.15, -0.1) is 24.0 Å². The summed E-state index contributed by atoms with van der Waals surface area (Å²) in [7, 11) is 1.75. The van der Waals surface area contributed by atoms with Crippen molar-refractivity contribution in [3.8, 4) is 0 Å². The maximum absolute atomic E-state index is 12.6. The van der Waals surface area contributed by atoms with E-state index in [9.17, 15) is 4.79 Å². The fraction of sp³-hybridized carbons (Fsp3) is 0.905. The predicted molar refractivity (Wildman–Crippen MR) is 128 cm³/mol. The van der Waals surface area contributed by atoms with Gasteiger partial charge in [-0.2, -0.15) is 0 Å². The van der Waals surface area contributed by atoms with Crippen molar-refractivity contribution in [2.75, 3.05) is 33.3 Å². The highest BCUT2D eigenvalue weighted by molar-refractivity contribution is 14.0. The van der Waals surface area contributed by atoms with Crippen LogP contribution in [0.4, 0.5) is 0 Å². The van der Waals surface area contributed by atoms with Crippen LogP contribution in [0.1, 0.15) is 67.2 Å². The standard InChI is InChI=1S/C21H42N4O2.HI/c1-8-16(9-2)19(26)25-13-11-17(12-14-25)24-20(22-10-3)23-15-18(27-7)21(4,5)6;/h16-18H,8-15H2,1-7H3,(H2,22,23,24);1H. The van der Waals surface area contributed by atoms with Crippen LogP contribution >= 0.6 is 24.0 Å². The van der Waals surface area contributed by atoms with Crippen molar-refractivity contribution < 1.29 is 9.53 Å². The molecule has 0 saturated carbocycles. The average molecular weight is 511 g/mol. The lowest BCUT2D eigenvalue weighted by Gasteiger charge is -2.35. The van der Waals surface area contributed by atoms with Crippen molar-refractivity contribution in [2.45, 2.75) is 79.4 Å². The van der Waals surface area contributed by atoms with E-state index >= 15 is 0 Å². The maximum Gasteiger partial charge on any atom is 0.225 e. The second kappa shape index (κ2) is 13.6. The Bertz CT molecular complexity index is 468. The van der Waals surface area contributed by atoms with E-state index in [1.165, 1.54) is 0 Å². The first-order valence-corrected chi connectivity index (χ1v) is 10.6. The molecule has 2 N–H and O–H groups in total. The Morgan fingerprint density at radius 1 is 1.18 bits per heavy atom. The number of amides is 1. The van der Waals surface area contributed by atoms with Crippen LogP contribution in [0.2, 0.25) is 0 Å². The number of hydrogen-bond donors (Lipinski definition) is 2. The molecule has 0 bridgehead atoms. The van der Waals surface area contributed by atoms with Gasteiger partial charge < -0.3 is 20.3 Å². The highest BCUT2D eigenvalue weighted by atomic mass is 127. The molecule has 7 heteroatoms. The van der Waals surface area contributed by atoms with E-state index in [-0.39, 0.29) is 41.4 Å². The molecule has 1 atom stereocenters. The monoisotopic (exact) mass is 510 g/mol. The number of methoxy groups -OCH3 is 1. The Morgan fingerprint density at radius 3 is 2.18 bits per heavy atom. The molecule has 166 valence electrons. The van der Waals surface area contributed by atoms with Crippen LogP contribution in [0.15, 0.2) is 4.99 Å². The van der Waals surface area contributed by atoms with Crippen LogP contribution in [0.25, 0.3) is 0 Å². The summed E-state index contributed by atoms with van der Waals surface area (Å²) in [4.78, 5) is 19.3. The number of nitrogens with zero attached hydrogens (tertiary/aromatic N) is 2. The molecule has 1 aliphatic heterocycles. The lowest BCUT2D eigenvalue weighted by atomic mass is 9.89. The Labute approximate surface area is 189 Å². The number of carbonyl (C=O) groups excluding carboxylic acids is 1. The average Bonchev–Trinajstić information content (AvgIpc) is 2.62. The van der Waals surface area contributed by atoms with Crippen molar-refractivity contribution >= 4 is 35.8 Å². The molecule has 1 unspecified atom stereocenters. The number of likely N-dealkylation sites (tertiary alicyclic amines) is 1. The van der Waals surface area contributed by atoms with Crippen LogP contribution in [-0.2, 0) is 9.53 Å². The van der Waals surface area contributed by atoms with E-state index in [4.69, 9.17) is 9.73 Å². The molecule has 0 spiro atoms. The number of halogens is 1. The first kappa shape index (κ1) is 27.4. The normalized spacial score (nSPS) is 17.3. The maximum atomic E-state index is 12.6. The number of piperidine rings is 1. The Morgan fingerprint density at radius 2 is 1.75 bits per heavy atom. The Balaban J connectivity index is 0.00000729. The van der Waals surface area contributed by atoms with Gasteiger partial charge in [0.1, 0.15) is 0 Å². The molecule has 1 saturated heterocycles. The molecule has 0 radical (unpaired) electrons. The van der Waals surface area contributed by atoms with E-state index in [0.717, 1.165) is 51.3 Å². The molecular formula is C21H43IN4O2. The molecule has 1 fully saturated rings. The minimum absolute atomic E-state index is 0. The zero-order valence-corrected chi connectivity index (χ0v) is 21.3. The van der Waals surface area contributed by atoms with E-state index in [1.54, 1.807) is 7.11 Å². The summed E-state index contributed by atoms with van der Waals surface area (Å²) in [6, 6.07) is 0.351. The molecule has 1 rings (SSSR count). The highest BCUT2D eigenvalue weighted by Crippen LogP contribution is 2.22. The van der Waals surface area contributed by atoms with Crippen LogP contribution in [0.5, 0.6) is 0 Å². The fourth-order valence-electron chi connectivity index (χ4n) is 3.53. The first-order valence-electron chi connectivity index (χ1n) is 10.6. The van der Waals surface area contributed by atoms with Crippen LogP contribution in [0, 0.1) is 11.3 Å². The molecule has 6 nitrogen and oxygen atoms in total. The van der Waals surface area contributed by atoms with Gasteiger partial charge in [-0.1, -0.05) is 34.6 Å². The number of hydrogen-bond acceptors (Lipinski definition) is 3. The summed E-state index contributed by atoms with van der Waals surface area (Å²) in [5.41, 5.74) is 0.0520. The van der Waals surface area contributed by atoms with Crippen LogP contribution in [-0.4, -0.2) is 62.2 Å². The van der Waals surface area contributed by atoms with Crippen molar-refractivity contribution in [1.82, 2.24) is 15.5 Å². The van der Waals surface area contributed by atoms with Gasteiger partial charge in [-0.3, -0.25) is 9.79 Å². The predicted octanol–water partition coefficient (Wildman–Crippen LogP) is 3.65. The molecule has 1 amide bonds. The molecule has 0 aliphatic carbocycles. The minimum atomic E-state index is 0. The Kier molecular flexibility index (Phi) is 13.3. The van der Waals surface area contributed by atoms with E-state index in [2.05, 4.69) is 52.2 Å². The molecule has 28 heavy (non-hydrogen) atoms. The lowest BCUT2D eigenvalue weighted by molar-refractivity contribution is -0.136. The van der Waals surface area contributed by atoms with E-state index in [1.807, 2.05) is 4.90 Å². The van der Waals surface area contributed by atoms with Gasteiger partial charge in [-0.25, -0.2) is 0 Å². The van der Waals surface area contributed by atoms with Crippen molar-refractivity contribution in [1.29, 1.82) is 0 Å². The van der Waals surface area contributed by atoms with Gasteiger partial charge in [0.15, 0.2) is 5.96 Å². The topological polar surface area (TPSA) is 66.0 Å². The second-order valence-electron chi connectivity index (χ2n) is 8.57. The zero-order valence-electron chi connectivity index (χ0n) is 19.0. The van der Waals surface area contributed by atoms with Gasteiger partial charge in [0.25, 0.3) is 0 Å². The smallest absolute Gasteiger partial charge is 0.225 e. The number of aliphatic imine (C=N–C) groups is 1. The van der Waals surface area contributed by atoms with E-state index in [0.29, 0.717) is 18.5 Å². The summed E-state index contributed by atoms with van der Waals surface area (Å²) in [6.07, 6.45) is 3.86. The van der Waals surface area contributed by atoms with Gasteiger partial charge in [0, 0.05) is 38.7 Å². The third-order valence-corrected chi connectivity index (χ3v) is 5.49. The van der Waals surface area contributed by atoms with Crippen LogP contribution < -0.4 is 10.6 Å². The highest BCUT2D eigenvalue weighted by Gasteiger charge is 2.27. The van der Waals surface area contributed by atoms with Crippen molar-refractivity contribution in [2.24, 2.45) is 16.3 Å². The molecular weight excluding hydrogens is 467 g/mol. The lowest BCUT2D eigenvalue weighted by Crippen LogP contribution is -2.50. The van der Waals surface area contributed by atoms with Gasteiger partial charge in [0.05, 0.1) is 12.6 Å². The second-order valence-corrected chi connectivity index (χ2v) is 8.57. The van der Waals surface area contributed by atoms with Gasteiger partial charge in [0.2, 0.25) is 5.91 Å². The molecule has 0 aromatic carbocycles. The number of guanidine groups is 1. The van der Waals surface area contributed by atoms with E-state index < -0.39 is 0 Å². The van der Waals surface area contributed by atoms with Crippen LogP contribution in [0.3, 0.4) is 0 Å². The van der Waals surface area contributed by atoms with Gasteiger partial charge >= 0.3 is 0 Å². The minimum Gasteiger partial charge on any atom is -0.379 e. The van der Waals surface area contributed by atoms with Crippen molar-refractivity contribution in [3.63, 3.8) is 0 Å². The summed E-state index contributed by atoms with van der Waals surface area (Å²) in [5, 5.41) is 6.88. The summed E-state index contributed by atoms with van der Waals surface area (Å²) >= 11 is 0. The number of nitrogens with one attached hydrogen (secondary N) is 2. The number of rotatable bonds is 8. The molecule has 0 aromatic rings. The molecule has 1 heterocycles. The largest absolute Gasteiger partial charge is 0.379 e. The Hall–Kier alpha value is -0.570. The zero-order chi connectivity index (χ0) is 20.4. The summed E-state index contributed by atoms with van der Waals surface area (Å²) < 4.78 is 5.61. The van der Waals surface area contributed by atoms with Gasteiger partial charge in [-0.05, 0) is 38.0 Å². The third kappa shape index (κ3) is 8.84.